The maximum atomic E-state index is 14.3. The summed E-state index contributed by atoms with van der Waals surface area (Å²) in [4.78, 5) is 38.5. The van der Waals surface area contributed by atoms with Gasteiger partial charge in [-0.1, -0.05) is 41.6 Å². The number of amides is 1. The van der Waals surface area contributed by atoms with E-state index in [4.69, 9.17) is 10.8 Å². The average Bonchev–Trinajstić information content (AvgIpc) is 3.52. The molecule has 3 N–H and O–H groups in total. The molecule has 12 heteroatoms. The van der Waals surface area contributed by atoms with Crippen LogP contribution in [0.5, 0.6) is 0 Å². The monoisotopic (exact) mass is 718 g/mol. The molecule has 3 aromatic carbocycles. The standard InChI is InChI=1S/C31H35N5O.C10H5F2NO3/c32-29-25(11-10-23-22-6-2-1-5-21(22)17-26(23)29)24-12-16-35(18-20-8-9-20)19-27(24)31(37)36-15-3-7-28(36)30-33-13-4-14-34-30;11-5-1-2-6(7(12)3-5)9-4-8(10(14)15)13-16-9/h1-2,4-6,10-11,13-14,20,24,27-28H,3,7-9,12,15-19,32H2;1-4H,(H,14,15)/t24-,27-,28?;/m1./s1. The lowest BCUT2D eigenvalue weighted by atomic mass is 9.77. The molecule has 4 heterocycles. The van der Waals surface area contributed by atoms with Crippen LogP contribution >= 0.6 is 0 Å². The van der Waals surface area contributed by atoms with Crippen molar-refractivity contribution in [2.45, 2.75) is 50.5 Å². The Hall–Kier alpha value is -5.49. The Morgan fingerprint density at radius 2 is 1.70 bits per heavy atom. The molecule has 2 aliphatic heterocycles. The normalized spacial score (nSPS) is 20.7. The lowest BCUT2D eigenvalue weighted by Gasteiger charge is -2.41. The number of halogens is 2. The molecule has 1 unspecified atom stereocenters. The second kappa shape index (κ2) is 14.5. The fourth-order valence-corrected chi connectivity index (χ4v) is 8.24. The van der Waals surface area contributed by atoms with Crippen LogP contribution in [0.2, 0.25) is 0 Å². The minimum atomic E-state index is -1.28. The number of carbonyl (C=O) groups excluding carboxylic acids is 1. The van der Waals surface area contributed by atoms with Crippen LogP contribution in [0.3, 0.4) is 0 Å². The number of fused-ring (bicyclic) bond motifs is 3. The summed E-state index contributed by atoms with van der Waals surface area (Å²) >= 11 is 0. The van der Waals surface area contributed by atoms with Gasteiger partial charge in [0, 0.05) is 56.3 Å². The molecule has 0 radical (unpaired) electrons. The number of nitrogen functional groups attached to an aromatic ring is 1. The molecule has 0 bridgehead atoms. The first-order chi connectivity index (χ1) is 25.7. The van der Waals surface area contributed by atoms with Crippen molar-refractivity contribution in [3.05, 3.63) is 119 Å². The first kappa shape index (κ1) is 34.6. The van der Waals surface area contributed by atoms with E-state index in [2.05, 4.69) is 65.8 Å². The summed E-state index contributed by atoms with van der Waals surface area (Å²) in [5, 5.41) is 11.8. The lowest BCUT2D eigenvalue weighted by Crippen LogP contribution is -2.48. The topological polar surface area (TPSA) is 139 Å². The number of carbonyl (C=O) groups is 2. The largest absolute Gasteiger partial charge is 0.476 e. The van der Waals surface area contributed by atoms with Gasteiger partial charge in [0.15, 0.2) is 17.3 Å². The molecule has 53 heavy (non-hydrogen) atoms. The van der Waals surface area contributed by atoms with E-state index < -0.39 is 17.6 Å². The number of anilines is 1. The van der Waals surface area contributed by atoms with Crippen LogP contribution in [0.25, 0.3) is 22.5 Å². The molecular weight excluding hydrogens is 678 g/mol. The smallest absolute Gasteiger partial charge is 0.358 e. The molecule has 1 saturated carbocycles. The van der Waals surface area contributed by atoms with Gasteiger partial charge in [-0.2, -0.15) is 0 Å². The number of carboxylic acids is 1. The Bertz CT molecular complexity index is 2160. The van der Waals surface area contributed by atoms with Crippen LogP contribution in [0.1, 0.15) is 77.1 Å². The zero-order chi connectivity index (χ0) is 36.6. The van der Waals surface area contributed by atoms with Crippen molar-refractivity contribution < 1.29 is 28.0 Å². The van der Waals surface area contributed by atoms with Crippen molar-refractivity contribution in [1.82, 2.24) is 24.9 Å². The molecule has 9 rings (SSSR count). The van der Waals surface area contributed by atoms with Gasteiger partial charge in [0.05, 0.1) is 17.5 Å². The van der Waals surface area contributed by atoms with Gasteiger partial charge < -0.3 is 25.2 Å². The number of nitrogens with two attached hydrogens (primary N) is 1. The summed E-state index contributed by atoms with van der Waals surface area (Å²) in [6, 6.07) is 18.8. The first-order valence-corrected chi connectivity index (χ1v) is 18.2. The third-order valence-electron chi connectivity index (χ3n) is 11.0. The SMILES string of the molecule is Nc1c([C@H]2CCN(CC3CC3)C[C@H]2C(=O)N2CCCC2c2ncccn2)ccc2c1Cc1ccccc1-2.O=C(O)c1cc(-c2ccc(F)cc2F)on1. The van der Waals surface area contributed by atoms with Gasteiger partial charge in [-0.15, -0.1) is 0 Å². The van der Waals surface area contributed by atoms with E-state index in [1.54, 1.807) is 12.4 Å². The summed E-state index contributed by atoms with van der Waals surface area (Å²) in [6.45, 7) is 3.75. The maximum absolute atomic E-state index is 14.3. The number of nitrogens with zero attached hydrogens (tertiary/aromatic N) is 5. The van der Waals surface area contributed by atoms with E-state index in [1.165, 1.54) is 40.7 Å². The van der Waals surface area contributed by atoms with Gasteiger partial charge >= 0.3 is 5.97 Å². The van der Waals surface area contributed by atoms with E-state index in [0.29, 0.717) is 6.07 Å². The van der Waals surface area contributed by atoms with Gasteiger partial charge in [-0.25, -0.2) is 23.5 Å². The van der Waals surface area contributed by atoms with E-state index in [0.717, 1.165) is 87.5 Å². The molecule has 4 aliphatic rings. The van der Waals surface area contributed by atoms with Crippen molar-refractivity contribution in [1.29, 1.82) is 0 Å². The minimum absolute atomic E-state index is 0.0278. The third kappa shape index (κ3) is 7.03. The van der Waals surface area contributed by atoms with Crippen molar-refractivity contribution in [2.75, 3.05) is 31.9 Å². The fourth-order valence-electron chi connectivity index (χ4n) is 8.24. The molecule has 10 nitrogen and oxygen atoms in total. The van der Waals surface area contributed by atoms with Gasteiger partial charge in [0.2, 0.25) is 5.91 Å². The predicted molar refractivity (Wildman–Crippen MR) is 194 cm³/mol. The molecular formula is C41H40F2N6O4. The second-order valence-electron chi connectivity index (χ2n) is 14.4. The van der Waals surface area contributed by atoms with E-state index >= 15 is 0 Å². The number of piperidine rings is 1. The zero-order valence-corrected chi connectivity index (χ0v) is 29.1. The fraction of sp³-hybridized carbons (Fsp3) is 0.341. The Morgan fingerprint density at radius 1 is 0.906 bits per heavy atom. The number of likely N-dealkylation sites (tertiary alicyclic amines) is 2. The molecule has 272 valence electrons. The van der Waals surface area contributed by atoms with Gasteiger partial charge in [0.25, 0.3) is 0 Å². The van der Waals surface area contributed by atoms with Crippen LogP contribution in [0.4, 0.5) is 14.5 Å². The second-order valence-corrected chi connectivity index (χ2v) is 14.4. The predicted octanol–water partition coefficient (Wildman–Crippen LogP) is 7.13. The van der Waals surface area contributed by atoms with Crippen molar-refractivity contribution in [2.24, 2.45) is 11.8 Å². The molecule has 0 spiro atoms. The van der Waals surface area contributed by atoms with Gasteiger partial charge in [-0.3, -0.25) is 4.79 Å². The highest BCUT2D eigenvalue weighted by Crippen LogP contribution is 2.46. The summed E-state index contributed by atoms with van der Waals surface area (Å²) in [7, 11) is 0. The van der Waals surface area contributed by atoms with Crippen molar-refractivity contribution in [3.63, 3.8) is 0 Å². The number of rotatable bonds is 7. The van der Waals surface area contributed by atoms with Crippen LogP contribution in [0, 0.1) is 23.5 Å². The molecule has 2 aromatic heterocycles. The van der Waals surface area contributed by atoms with E-state index in [1.807, 2.05) is 6.07 Å². The Balaban J connectivity index is 0.000000210. The van der Waals surface area contributed by atoms with Crippen molar-refractivity contribution in [3.8, 4) is 22.5 Å². The molecule has 2 saturated heterocycles. The molecule has 3 atom stereocenters. The van der Waals surface area contributed by atoms with Crippen LogP contribution < -0.4 is 5.73 Å². The molecule has 2 aliphatic carbocycles. The third-order valence-corrected chi connectivity index (χ3v) is 11.0. The number of carboxylic acid groups (broad SMARTS) is 1. The number of hydrogen-bond donors (Lipinski definition) is 2. The number of hydrogen-bond acceptors (Lipinski definition) is 8. The molecule has 1 amide bonds. The number of aromatic nitrogens is 3. The minimum Gasteiger partial charge on any atom is -0.476 e. The Labute approximate surface area is 305 Å². The summed E-state index contributed by atoms with van der Waals surface area (Å²) in [5.41, 5.74) is 13.8. The average molecular weight is 719 g/mol. The van der Waals surface area contributed by atoms with Crippen LogP contribution in [-0.2, 0) is 11.2 Å². The van der Waals surface area contributed by atoms with Gasteiger partial charge in [0.1, 0.15) is 11.6 Å². The van der Waals surface area contributed by atoms with Gasteiger partial charge in [-0.05, 0) is 96.5 Å². The Morgan fingerprint density at radius 3 is 2.45 bits per heavy atom. The van der Waals surface area contributed by atoms with Crippen LogP contribution in [-0.4, -0.2) is 68.1 Å². The van der Waals surface area contributed by atoms with E-state index in [-0.39, 0.29) is 40.8 Å². The Kier molecular flexibility index (Phi) is 9.46. The maximum Gasteiger partial charge on any atom is 0.358 e. The quantitative estimate of drug-likeness (QED) is 0.165. The zero-order valence-electron chi connectivity index (χ0n) is 29.1. The highest BCUT2D eigenvalue weighted by molar-refractivity contribution is 5.87. The molecule has 5 aromatic rings. The summed E-state index contributed by atoms with van der Waals surface area (Å²) in [6.07, 6.45) is 10.0. The number of aromatic carboxylic acids is 1. The highest BCUT2D eigenvalue weighted by atomic mass is 19.1. The summed E-state index contributed by atoms with van der Waals surface area (Å²) < 4.78 is 30.5. The molecule has 3 fully saturated rings. The highest BCUT2D eigenvalue weighted by Gasteiger charge is 2.43. The van der Waals surface area contributed by atoms with E-state index in [9.17, 15) is 18.4 Å². The first-order valence-electron chi connectivity index (χ1n) is 18.2. The lowest BCUT2D eigenvalue weighted by molar-refractivity contribution is -0.139. The van der Waals surface area contributed by atoms with Crippen LogP contribution in [0.15, 0.2) is 83.6 Å². The number of benzene rings is 3. The summed E-state index contributed by atoms with van der Waals surface area (Å²) in [5.74, 6) is -1.03. The van der Waals surface area contributed by atoms with Crippen molar-refractivity contribution >= 4 is 17.6 Å².